The number of nitrogens with one attached hydrogen (secondary N) is 1. The van der Waals surface area contributed by atoms with Crippen LogP contribution in [0, 0.1) is 5.82 Å². The fourth-order valence-electron chi connectivity index (χ4n) is 2.88. The molecule has 4 aromatic rings. The molecular weight excluding hydrogens is 402 g/mol. The molecule has 10 heteroatoms. The lowest BCUT2D eigenvalue weighted by molar-refractivity contribution is -0.141. The first-order chi connectivity index (χ1) is 14.4. The molecule has 0 bridgehead atoms. The Morgan fingerprint density at radius 1 is 1.03 bits per heavy atom. The molecule has 154 valence electrons. The predicted octanol–water partition coefficient (Wildman–Crippen LogP) is 4.51. The number of hydrogen-bond donors (Lipinski definition) is 1. The molecule has 0 aliphatic carbocycles. The topological polar surface area (TPSA) is 64.3 Å². The number of halogens is 4. The van der Waals surface area contributed by atoms with Gasteiger partial charge in [-0.05, 0) is 17.7 Å². The summed E-state index contributed by atoms with van der Waals surface area (Å²) in [7, 11) is 0. The highest BCUT2D eigenvalue weighted by Crippen LogP contribution is 2.31. The van der Waals surface area contributed by atoms with Crippen molar-refractivity contribution in [3.8, 4) is 5.75 Å². The van der Waals surface area contributed by atoms with Gasteiger partial charge in [0.05, 0.1) is 6.04 Å². The van der Waals surface area contributed by atoms with Gasteiger partial charge in [-0.1, -0.05) is 42.5 Å². The van der Waals surface area contributed by atoms with Gasteiger partial charge in [0, 0.05) is 6.07 Å². The Labute approximate surface area is 168 Å². The minimum atomic E-state index is -4.66. The third kappa shape index (κ3) is 4.17. The molecule has 0 saturated heterocycles. The second-order valence-corrected chi connectivity index (χ2v) is 6.35. The molecule has 2 heterocycles. The molecule has 6 nitrogen and oxygen atoms in total. The van der Waals surface area contributed by atoms with Crippen molar-refractivity contribution in [3.63, 3.8) is 0 Å². The molecule has 0 radical (unpaired) electrons. The summed E-state index contributed by atoms with van der Waals surface area (Å²) in [5.41, 5.74) is -0.375. The highest BCUT2D eigenvalue weighted by Gasteiger charge is 2.34. The van der Waals surface area contributed by atoms with Crippen LogP contribution in [0.3, 0.4) is 0 Å². The first kappa shape index (κ1) is 19.6. The summed E-state index contributed by atoms with van der Waals surface area (Å²) in [6, 6.07) is 15.1. The molecule has 0 fully saturated rings. The van der Waals surface area contributed by atoms with Crippen molar-refractivity contribution in [2.75, 3.05) is 11.9 Å². The Morgan fingerprint density at radius 2 is 1.77 bits per heavy atom. The number of alkyl halides is 3. The Balaban J connectivity index is 1.68. The van der Waals surface area contributed by atoms with Crippen LogP contribution in [0.15, 0.2) is 67.0 Å². The van der Waals surface area contributed by atoms with Crippen LogP contribution >= 0.6 is 0 Å². The summed E-state index contributed by atoms with van der Waals surface area (Å²) in [6.07, 6.45) is -3.54. The summed E-state index contributed by atoms with van der Waals surface area (Å²) in [6.45, 7) is -0.0508. The number of para-hydroxylation sites is 1. The number of anilines is 1. The van der Waals surface area contributed by atoms with E-state index >= 15 is 0 Å². The van der Waals surface area contributed by atoms with Gasteiger partial charge in [-0.25, -0.2) is 9.37 Å². The summed E-state index contributed by atoms with van der Waals surface area (Å²) >= 11 is 0. The number of fused-ring (bicyclic) bond motifs is 1. The zero-order valence-corrected chi connectivity index (χ0v) is 15.3. The first-order valence-corrected chi connectivity index (χ1v) is 8.88. The van der Waals surface area contributed by atoms with Crippen LogP contribution in [0.1, 0.15) is 17.3 Å². The average molecular weight is 417 g/mol. The molecule has 0 amide bonds. The molecule has 1 atom stereocenters. The van der Waals surface area contributed by atoms with E-state index in [0.29, 0.717) is 0 Å². The van der Waals surface area contributed by atoms with E-state index in [0.717, 1.165) is 22.5 Å². The molecule has 4 rings (SSSR count). The van der Waals surface area contributed by atoms with Gasteiger partial charge in [0.2, 0.25) is 0 Å². The quantitative estimate of drug-likeness (QED) is 0.468. The van der Waals surface area contributed by atoms with E-state index in [4.69, 9.17) is 4.74 Å². The molecule has 0 saturated carbocycles. The second-order valence-electron chi connectivity index (χ2n) is 6.35. The smallest absolute Gasteiger partial charge is 0.433 e. The SMILES string of the molecule is Fc1ccccc1OCC(Nc1cc(C(F)(F)F)nc2ncnn12)c1ccccc1. The Kier molecular flexibility index (Phi) is 5.21. The summed E-state index contributed by atoms with van der Waals surface area (Å²) in [4.78, 5) is 7.25. The third-order valence-corrected chi connectivity index (χ3v) is 4.31. The fraction of sp³-hybridized carbons (Fsp3) is 0.150. The number of rotatable bonds is 6. The van der Waals surface area contributed by atoms with Gasteiger partial charge in [0.1, 0.15) is 18.8 Å². The first-order valence-electron chi connectivity index (χ1n) is 8.88. The maximum atomic E-state index is 13.9. The summed E-state index contributed by atoms with van der Waals surface area (Å²) in [5, 5.41) is 6.93. The van der Waals surface area contributed by atoms with Crippen LogP contribution in [0.5, 0.6) is 5.75 Å². The van der Waals surface area contributed by atoms with E-state index < -0.39 is 23.7 Å². The number of nitrogens with zero attached hydrogens (tertiary/aromatic N) is 4. The molecular formula is C20H15F4N5O. The second kappa shape index (κ2) is 7.97. The summed E-state index contributed by atoms with van der Waals surface area (Å²) in [5.74, 6) is -0.673. The van der Waals surface area contributed by atoms with Crippen molar-refractivity contribution >= 4 is 11.6 Å². The van der Waals surface area contributed by atoms with E-state index in [2.05, 4.69) is 20.4 Å². The van der Waals surface area contributed by atoms with Crippen LogP contribution < -0.4 is 10.1 Å². The minimum Gasteiger partial charge on any atom is -0.488 e. The van der Waals surface area contributed by atoms with Crippen LogP contribution in [-0.2, 0) is 6.18 Å². The molecule has 30 heavy (non-hydrogen) atoms. The Hall–Kier alpha value is -3.69. The molecule has 0 spiro atoms. The Morgan fingerprint density at radius 3 is 2.50 bits per heavy atom. The standard InChI is InChI=1S/C20H15F4N5O/c21-14-8-4-5-9-16(14)30-11-15(13-6-2-1-3-7-13)27-18-10-17(20(22,23)24)28-19-25-12-26-29(18)19/h1-10,12,15,27H,11H2. The van der Waals surface area contributed by atoms with Gasteiger partial charge >= 0.3 is 6.18 Å². The van der Waals surface area contributed by atoms with Crippen molar-refractivity contribution < 1.29 is 22.3 Å². The van der Waals surface area contributed by atoms with Gasteiger partial charge < -0.3 is 10.1 Å². The van der Waals surface area contributed by atoms with Gasteiger partial charge in [0.15, 0.2) is 17.3 Å². The molecule has 2 aromatic carbocycles. The normalized spacial score (nSPS) is 12.7. The van der Waals surface area contributed by atoms with E-state index in [1.165, 1.54) is 18.2 Å². The monoisotopic (exact) mass is 417 g/mol. The van der Waals surface area contributed by atoms with Gasteiger partial charge in [0.25, 0.3) is 5.78 Å². The van der Waals surface area contributed by atoms with Crippen molar-refractivity contribution in [2.24, 2.45) is 0 Å². The fourth-order valence-corrected chi connectivity index (χ4v) is 2.88. The van der Waals surface area contributed by atoms with Gasteiger partial charge in [-0.15, -0.1) is 0 Å². The third-order valence-electron chi connectivity index (χ3n) is 4.31. The maximum absolute atomic E-state index is 13.9. The number of ether oxygens (including phenoxy) is 1. The minimum absolute atomic E-state index is 0.0239. The molecule has 2 aromatic heterocycles. The lowest BCUT2D eigenvalue weighted by atomic mass is 10.1. The van der Waals surface area contributed by atoms with E-state index in [1.807, 2.05) is 6.07 Å². The number of aromatic nitrogens is 4. The van der Waals surface area contributed by atoms with E-state index in [9.17, 15) is 17.6 Å². The molecule has 1 N–H and O–H groups in total. The number of benzene rings is 2. The molecule has 1 unspecified atom stereocenters. The van der Waals surface area contributed by atoms with Crippen LogP contribution in [-0.4, -0.2) is 26.2 Å². The van der Waals surface area contributed by atoms with Crippen molar-refractivity contribution in [3.05, 3.63) is 84.1 Å². The maximum Gasteiger partial charge on any atom is 0.433 e. The summed E-state index contributed by atoms with van der Waals surface area (Å²) < 4.78 is 60.5. The van der Waals surface area contributed by atoms with E-state index in [-0.39, 0.29) is 24.0 Å². The average Bonchev–Trinajstić information content (AvgIpc) is 3.21. The zero-order valence-electron chi connectivity index (χ0n) is 15.3. The van der Waals surface area contributed by atoms with Crippen LogP contribution in [0.2, 0.25) is 0 Å². The highest BCUT2D eigenvalue weighted by atomic mass is 19.4. The van der Waals surface area contributed by atoms with Crippen molar-refractivity contribution in [1.29, 1.82) is 0 Å². The largest absolute Gasteiger partial charge is 0.488 e. The van der Waals surface area contributed by atoms with Crippen LogP contribution in [0.4, 0.5) is 23.4 Å². The number of hydrogen-bond acceptors (Lipinski definition) is 5. The lowest BCUT2D eigenvalue weighted by Gasteiger charge is -2.22. The van der Waals surface area contributed by atoms with Crippen molar-refractivity contribution in [2.45, 2.75) is 12.2 Å². The Bertz CT molecular complexity index is 1150. The zero-order chi connectivity index (χ0) is 21.1. The van der Waals surface area contributed by atoms with Crippen LogP contribution in [0.25, 0.3) is 5.78 Å². The molecule has 0 aliphatic heterocycles. The van der Waals surface area contributed by atoms with E-state index in [1.54, 1.807) is 30.3 Å². The van der Waals surface area contributed by atoms with Gasteiger partial charge in [-0.2, -0.15) is 27.8 Å². The van der Waals surface area contributed by atoms with Crippen molar-refractivity contribution in [1.82, 2.24) is 19.6 Å². The van der Waals surface area contributed by atoms with Gasteiger partial charge in [-0.3, -0.25) is 0 Å². The highest BCUT2D eigenvalue weighted by molar-refractivity contribution is 5.47. The lowest BCUT2D eigenvalue weighted by Crippen LogP contribution is -2.22. The molecule has 0 aliphatic rings. The predicted molar refractivity (Wildman–Crippen MR) is 100 cm³/mol.